The summed E-state index contributed by atoms with van der Waals surface area (Å²) in [5.74, 6) is 0. The SMILES string of the molecule is N#CC1(NC(=O)O)CC1.O=S(=O)(c1ccccc1Cl)[C@H]1CC[C@H](OCc2ccc(Cl)cc2)C1. The van der Waals surface area contributed by atoms with Crippen molar-refractivity contribution in [2.24, 2.45) is 0 Å². The van der Waals surface area contributed by atoms with Crippen LogP contribution < -0.4 is 5.32 Å². The number of rotatable bonds is 6. The normalized spacial score (nSPS) is 20.8. The van der Waals surface area contributed by atoms with Gasteiger partial charge < -0.3 is 15.2 Å². The van der Waals surface area contributed by atoms with E-state index in [1.165, 1.54) is 0 Å². The van der Waals surface area contributed by atoms with Crippen molar-refractivity contribution in [3.63, 3.8) is 0 Å². The zero-order chi connectivity index (χ0) is 24.1. The first-order chi connectivity index (χ1) is 15.6. The number of hydrogen-bond donors (Lipinski definition) is 2. The summed E-state index contributed by atoms with van der Waals surface area (Å²) >= 11 is 11.9. The van der Waals surface area contributed by atoms with Crippen LogP contribution in [0.4, 0.5) is 4.79 Å². The van der Waals surface area contributed by atoms with Gasteiger partial charge in [-0.25, -0.2) is 13.2 Å². The predicted molar refractivity (Wildman–Crippen MR) is 125 cm³/mol. The molecule has 10 heteroatoms. The van der Waals surface area contributed by atoms with Crippen molar-refractivity contribution in [2.45, 2.75) is 60.5 Å². The van der Waals surface area contributed by atoms with Crippen LogP contribution in [0, 0.1) is 11.3 Å². The summed E-state index contributed by atoms with van der Waals surface area (Å²) in [4.78, 5) is 10.2. The van der Waals surface area contributed by atoms with Gasteiger partial charge in [-0.2, -0.15) is 5.26 Å². The van der Waals surface area contributed by atoms with Gasteiger partial charge in [-0.15, -0.1) is 0 Å². The van der Waals surface area contributed by atoms with E-state index in [0.717, 1.165) is 12.0 Å². The van der Waals surface area contributed by atoms with E-state index in [4.69, 9.17) is 38.3 Å². The van der Waals surface area contributed by atoms with Gasteiger partial charge in [0.15, 0.2) is 9.84 Å². The van der Waals surface area contributed by atoms with Crippen LogP contribution in [0.15, 0.2) is 53.4 Å². The van der Waals surface area contributed by atoms with Gasteiger partial charge in [-0.3, -0.25) is 0 Å². The maximum atomic E-state index is 12.8. The third-order valence-electron chi connectivity index (χ3n) is 5.63. The first-order valence-corrected chi connectivity index (χ1v) is 12.7. The Hall–Kier alpha value is -2.31. The molecule has 0 unspecified atom stereocenters. The number of nitrogens with one attached hydrogen (secondary N) is 1. The van der Waals surface area contributed by atoms with E-state index in [9.17, 15) is 13.2 Å². The summed E-state index contributed by atoms with van der Waals surface area (Å²) in [7, 11) is -3.42. The number of sulfone groups is 1. The van der Waals surface area contributed by atoms with Crippen LogP contribution in [0.25, 0.3) is 0 Å². The summed E-state index contributed by atoms with van der Waals surface area (Å²) in [5, 5.41) is 19.2. The number of halogens is 2. The van der Waals surface area contributed by atoms with Gasteiger partial charge in [0, 0.05) is 5.02 Å². The Bertz CT molecular complexity index is 1130. The number of hydrogen-bond acceptors (Lipinski definition) is 5. The van der Waals surface area contributed by atoms with Crippen LogP contribution in [0.2, 0.25) is 10.0 Å². The van der Waals surface area contributed by atoms with E-state index in [1.54, 1.807) is 24.3 Å². The minimum absolute atomic E-state index is 0.0528. The molecule has 2 aromatic carbocycles. The molecule has 2 fully saturated rings. The molecule has 0 radical (unpaired) electrons. The van der Waals surface area contributed by atoms with Crippen molar-refractivity contribution in [1.29, 1.82) is 5.26 Å². The number of nitriles is 1. The molecule has 0 saturated heterocycles. The number of benzene rings is 2. The van der Waals surface area contributed by atoms with Crippen LogP contribution in [0.5, 0.6) is 0 Å². The summed E-state index contributed by atoms with van der Waals surface area (Å²) in [5.41, 5.74) is 0.295. The van der Waals surface area contributed by atoms with Gasteiger partial charge >= 0.3 is 6.09 Å². The first kappa shape index (κ1) is 25.3. The molecule has 2 saturated carbocycles. The van der Waals surface area contributed by atoms with Crippen LogP contribution in [0.1, 0.15) is 37.7 Å². The molecule has 2 atom stereocenters. The molecule has 33 heavy (non-hydrogen) atoms. The first-order valence-electron chi connectivity index (χ1n) is 10.4. The van der Waals surface area contributed by atoms with Crippen LogP contribution in [0.3, 0.4) is 0 Å². The van der Waals surface area contributed by atoms with Crippen molar-refractivity contribution < 1.29 is 23.1 Å². The van der Waals surface area contributed by atoms with Crippen molar-refractivity contribution >= 4 is 39.1 Å². The minimum Gasteiger partial charge on any atom is -0.465 e. The fourth-order valence-corrected chi connectivity index (χ4v) is 6.04. The van der Waals surface area contributed by atoms with Crippen molar-refractivity contribution in [3.8, 4) is 6.07 Å². The van der Waals surface area contributed by atoms with Gasteiger partial charge in [-0.1, -0.05) is 47.5 Å². The topological polar surface area (TPSA) is 116 Å². The average Bonchev–Trinajstić information content (AvgIpc) is 3.37. The molecule has 2 N–H and O–H groups in total. The smallest absolute Gasteiger partial charge is 0.405 e. The lowest BCUT2D eigenvalue weighted by atomic mass is 10.2. The number of nitrogens with zero attached hydrogens (tertiary/aromatic N) is 1. The second-order valence-corrected chi connectivity index (χ2v) is 11.1. The molecule has 2 aromatic rings. The number of carbonyl (C=O) groups is 1. The van der Waals surface area contributed by atoms with Gasteiger partial charge in [0.2, 0.25) is 0 Å². The molecule has 0 aliphatic heterocycles. The molecule has 0 aromatic heterocycles. The van der Waals surface area contributed by atoms with Crippen LogP contribution in [-0.4, -0.2) is 36.5 Å². The lowest BCUT2D eigenvalue weighted by Crippen LogP contribution is -2.33. The summed E-state index contributed by atoms with van der Waals surface area (Å²) < 4.78 is 31.4. The third kappa shape index (κ3) is 6.84. The van der Waals surface area contributed by atoms with Gasteiger partial charge in [0.1, 0.15) is 5.54 Å². The van der Waals surface area contributed by atoms with Crippen LogP contribution in [-0.2, 0) is 21.2 Å². The van der Waals surface area contributed by atoms with Crippen molar-refractivity contribution in [2.75, 3.05) is 0 Å². The zero-order valence-electron chi connectivity index (χ0n) is 17.7. The molecular weight excluding hydrogens is 487 g/mol. The Kier molecular flexibility index (Phi) is 8.24. The maximum Gasteiger partial charge on any atom is 0.405 e. The third-order valence-corrected chi connectivity index (χ3v) is 8.60. The number of amides is 1. The Balaban J connectivity index is 0.000000286. The molecule has 1 amide bonds. The molecule has 2 aliphatic carbocycles. The van der Waals surface area contributed by atoms with E-state index in [0.29, 0.717) is 37.3 Å². The van der Waals surface area contributed by atoms with Crippen molar-refractivity contribution in [1.82, 2.24) is 5.32 Å². The quantitative estimate of drug-likeness (QED) is 0.550. The van der Waals surface area contributed by atoms with Gasteiger partial charge in [0.05, 0.1) is 33.9 Å². The standard InChI is InChI=1S/C18H18Cl2O3S.C5H6N2O2/c19-14-7-5-13(6-8-14)12-23-15-9-10-16(11-15)24(21,22)18-4-2-1-3-17(18)20;6-3-5(1-2-5)7-4(8)9/h1-8,15-16H,9-12H2;7H,1-2H2,(H,8,9)/t15-,16-;/m0./s1. The lowest BCUT2D eigenvalue weighted by Gasteiger charge is -2.14. The Labute approximate surface area is 203 Å². The molecule has 7 nitrogen and oxygen atoms in total. The van der Waals surface area contributed by atoms with E-state index in [1.807, 2.05) is 30.3 Å². The predicted octanol–water partition coefficient (Wildman–Crippen LogP) is 5.22. The van der Waals surface area contributed by atoms with Gasteiger partial charge in [-0.05, 0) is 61.9 Å². The van der Waals surface area contributed by atoms with Crippen molar-refractivity contribution in [3.05, 3.63) is 64.1 Å². The number of carboxylic acid groups (broad SMARTS) is 1. The summed E-state index contributed by atoms with van der Waals surface area (Å²) in [6.45, 7) is 0.459. The Morgan fingerprint density at radius 3 is 2.36 bits per heavy atom. The average molecular weight is 511 g/mol. The Morgan fingerprint density at radius 1 is 1.15 bits per heavy atom. The second kappa shape index (κ2) is 10.7. The molecule has 0 heterocycles. The molecular formula is C23H24Cl2N2O5S. The minimum atomic E-state index is -3.42. The van der Waals surface area contributed by atoms with Crippen LogP contribution >= 0.6 is 23.2 Å². The highest BCUT2D eigenvalue weighted by Crippen LogP contribution is 2.35. The highest BCUT2D eigenvalue weighted by Gasteiger charge is 2.44. The fraction of sp³-hybridized carbons (Fsp3) is 0.391. The van der Waals surface area contributed by atoms with E-state index in [2.05, 4.69) is 5.32 Å². The Morgan fingerprint density at radius 2 is 1.82 bits per heavy atom. The molecule has 2 aliphatic rings. The van der Waals surface area contributed by atoms with E-state index < -0.39 is 26.7 Å². The van der Waals surface area contributed by atoms with E-state index in [-0.39, 0.29) is 16.0 Å². The molecule has 4 rings (SSSR count). The maximum absolute atomic E-state index is 12.8. The molecule has 0 spiro atoms. The monoisotopic (exact) mass is 510 g/mol. The van der Waals surface area contributed by atoms with Gasteiger partial charge in [0.25, 0.3) is 0 Å². The number of ether oxygens (including phenoxy) is 1. The largest absolute Gasteiger partial charge is 0.465 e. The second-order valence-electron chi connectivity index (χ2n) is 8.09. The highest BCUT2D eigenvalue weighted by atomic mass is 35.5. The summed E-state index contributed by atoms with van der Waals surface area (Å²) in [6.07, 6.45) is 1.96. The highest BCUT2D eigenvalue weighted by molar-refractivity contribution is 7.92. The zero-order valence-corrected chi connectivity index (χ0v) is 20.0. The summed E-state index contributed by atoms with van der Waals surface area (Å²) in [6, 6.07) is 16.0. The molecule has 0 bridgehead atoms. The lowest BCUT2D eigenvalue weighted by molar-refractivity contribution is 0.0458. The molecule has 176 valence electrons. The van der Waals surface area contributed by atoms with E-state index >= 15 is 0 Å². The fourth-order valence-electron chi connectivity index (χ4n) is 3.58.